The highest BCUT2D eigenvalue weighted by atomic mass is 16.5. The van der Waals surface area contributed by atoms with Gasteiger partial charge in [0.2, 0.25) is 11.4 Å². The number of fused-ring (bicyclic) bond motifs is 2. The van der Waals surface area contributed by atoms with E-state index in [1.807, 2.05) is 6.07 Å². The van der Waals surface area contributed by atoms with E-state index >= 15 is 0 Å². The van der Waals surface area contributed by atoms with Crippen LogP contribution in [0.1, 0.15) is 34.3 Å². The van der Waals surface area contributed by atoms with Gasteiger partial charge in [0.05, 0.1) is 18.6 Å². The van der Waals surface area contributed by atoms with Gasteiger partial charge in [-0.25, -0.2) is 9.78 Å². The molecule has 5 rings (SSSR count). The molecule has 0 saturated carbocycles. The Morgan fingerprint density at radius 2 is 2.00 bits per heavy atom. The molecule has 2 aliphatic rings. The highest BCUT2D eigenvalue weighted by molar-refractivity contribution is 5.92. The van der Waals surface area contributed by atoms with E-state index in [9.17, 15) is 14.7 Å². The van der Waals surface area contributed by atoms with Crippen molar-refractivity contribution < 1.29 is 14.6 Å². The van der Waals surface area contributed by atoms with Gasteiger partial charge in [-0.1, -0.05) is 6.07 Å². The first kappa shape index (κ1) is 21.5. The zero-order valence-electron chi connectivity index (χ0n) is 18.4. The maximum Gasteiger partial charge on any atom is 0.341 e. The molecule has 3 aromatic rings. The average molecular weight is 450 g/mol. The van der Waals surface area contributed by atoms with Crippen molar-refractivity contribution in [1.29, 1.82) is 0 Å². The molecule has 9 nitrogen and oxygen atoms in total. The van der Waals surface area contributed by atoms with E-state index in [2.05, 4.69) is 32.3 Å². The summed E-state index contributed by atoms with van der Waals surface area (Å²) in [5, 5.41) is 13.0. The maximum atomic E-state index is 12.8. The second-order valence-electron chi connectivity index (χ2n) is 8.52. The van der Waals surface area contributed by atoms with E-state index in [1.54, 1.807) is 4.57 Å². The molecule has 1 saturated heterocycles. The quantitative estimate of drug-likeness (QED) is 0.528. The number of nitrogens with zero attached hydrogens (tertiary/aromatic N) is 4. The summed E-state index contributed by atoms with van der Waals surface area (Å²) in [7, 11) is 0. The smallest absolute Gasteiger partial charge is 0.341 e. The number of rotatable bonds is 7. The van der Waals surface area contributed by atoms with Crippen LogP contribution in [0.5, 0.6) is 0 Å². The van der Waals surface area contributed by atoms with Crippen molar-refractivity contribution in [2.24, 2.45) is 0 Å². The standard InChI is InChI=1S/C24H27N5O4/c30-21-19-14-26-24(25-7-2-8-28-9-11-33-12-10-28)27-22(19)29(15-20(21)23(31)32)18-6-5-16-3-1-4-17(16)13-18/h5-6,13-15H,1-4,7-12H2,(H,31,32)(H,25,26,27). The number of pyridine rings is 1. The Labute approximate surface area is 191 Å². The first-order valence-electron chi connectivity index (χ1n) is 11.4. The molecule has 1 aliphatic heterocycles. The summed E-state index contributed by atoms with van der Waals surface area (Å²) < 4.78 is 7.07. The number of aromatic nitrogens is 3. The first-order chi connectivity index (χ1) is 16.1. The van der Waals surface area contributed by atoms with Crippen molar-refractivity contribution in [3.05, 3.63) is 57.5 Å². The van der Waals surface area contributed by atoms with Crippen molar-refractivity contribution in [3.63, 3.8) is 0 Å². The summed E-state index contributed by atoms with van der Waals surface area (Å²) in [6.45, 7) is 5.11. The number of anilines is 1. The Morgan fingerprint density at radius 1 is 1.18 bits per heavy atom. The number of benzene rings is 1. The van der Waals surface area contributed by atoms with Crippen molar-refractivity contribution in [2.45, 2.75) is 25.7 Å². The van der Waals surface area contributed by atoms with Gasteiger partial charge in [-0.3, -0.25) is 9.69 Å². The number of ether oxygens (including phenoxy) is 1. The Bertz CT molecular complexity index is 1250. The number of hydrogen-bond donors (Lipinski definition) is 2. The molecular formula is C24H27N5O4. The van der Waals surface area contributed by atoms with Crippen molar-refractivity contribution >= 4 is 23.0 Å². The van der Waals surface area contributed by atoms with E-state index in [0.29, 0.717) is 18.1 Å². The van der Waals surface area contributed by atoms with Crippen LogP contribution in [0.4, 0.5) is 5.95 Å². The van der Waals surface area contributed by atoms with Crippen LogP contribution in [0.3, 0.4) is 0 Å². The van der Waals surface area contributed by atoms with E-state index in [1.165, 1.54) is 23.5 Å². The van der Waals surface area contributed by atoms with Gasteiger partial charge in [-0.15, -0.1) is 0 Å². The van der Waals surface area contributed by atoms with Gasteiger partial charge >= 0.3 is 5.97 Å². The molecule has 0 bridgehead atoms. The Kier molecular flexibility index (Phi) is 6.06. The number of aromatic carboxylic acids is 1. The van der Waals surface area contributed by atoms with Crippen LogP contribution in [-0.4, -0.2) is 69.9 Å². The average Bonchev–Trinajstić information content (AvgIpc) is 3.30. The molecular weight excluding hydrogens is 422 g/mol. The molecule has 0 amide bonds. The van der Waals surface area contributed by atoms with Crippen molar-refractivity contribution in [3.8, 4) is 5.69 Å². The number of carboxylic acid groups (broad SMARTS) is 1. The number of hydrogen-bond acceptors (Lipinski definition) is 7. The predicted octanol–water partition coefficient (Wildman–Crippen LogP) is 2.10. The second-order valence-corrected chi connectivity index (χ2v) is 8.52. The van der Waals surface area contributed by atoms with E-state index in [-0.39, 0.29) is 10.9 Å². The van der Waals surface area contributed by atoms with Gasteiger partial charge in [-0.05, 0) is 55.5 Å². The van der Waals surface area contributed by atoms with E-state index in [0.717, 1.165) is 64.2 Å². The van der Waals surface area contributed by atoms with Gasteiger partial charge in [0.1, 0.15) is 5.56 Å². The van der Waals surface area contributed by atoms with Gasteiger partial charge in [-0.2, -0.15) is 4.98 Å². The van der Waals surface area contributed by atoms with Gasteiger partial charge in [0.15, 0.2) is 5.65 Å². The topological polar surface area (TPSA) is 110 Å². The normalized spacial score (nSPS) is 16.1. The van der Waals surface area contributed by atoms with Gasteiger partial charge < -0.3 is 19.7 Å². The van der Waals surface area contributed by atoms with Crippen LogP contribution >= 0.6 is 0 Å². The molecule has 0 radical (unpaired) electrons. The van der Waals surface area contributed by atoms with Crippen LogP contribution in [0.15, 0.2) is 35.4 Å². The van der Waals surface area contributed by atoms with Crippen LogP contribution < -0.4 is 10.7 Å². The van der Waals surface area contributed by atoms with E-state index < -0.39 is 11.4 Å². The molecule has 1 aromatic carbocycles. The first-order valence-corrected chi connectivity index (χ1v) is 11.4. The third-order valence-corrected chi connectivity index (χ3v) is 6.37. The lowest BCUT2D eigenvalue weighted by Crippen LogP contribution is -2.37. The lowest BCUT2D eigenvalue weighted by molar-refractivity contribution is 0.0378. The summed E-state index contributed by atoms with van der Waals surface area (Å²) >= 11 is 0. The van der Waals surface area contributed by atoms with Crippen LogP contribution in [0.25, 0.3) is 16.7 Å². The SMILES string of the molecule is O=C(O)c1cn(-c2ccc3c(c2)CCC3)c2nc(NCCCN3CCOCC3)ncc2c1=O. The third kappa shape index (κ3) is 4.46. The molecule has 9 heteroatoms. The molecule has 3 heterocycles. The minimum absolute atomic E-state index is 0.189. The summed E-state index contributed by atoms with van der Waals surface area (Å²) in [5.74, 6) is -0.844. The minimum Gasteiger partial charge on any atom is -0.477 e. The molecule has 1 fully saturated rings. The molecule has 33 heavy (non-hydrogen) atoms. The highest BCUT2D eigenvalue weighted by Gasteiger charge is 2.19. The zero-order valence-corrected chi connectivity index (χ0v) is 18.4. The number of carboxylic acids is 1. The largest absolute Gasteiger partial charge is 0.477 e. The Morgan fingerprint density at radius 3 is 2.82 bits per heavy atom. The number of nitrogens with one attached hydrogen (secondary N) is 1. The molecule has 0 spiro atoms. The number of aryl methyl sites for hydroxylation is 2. The van der Waals surface area contributed by atoms with Crippen LogP contribution in [0, 0.1) is 0 Å². The van der Waals surface area contributed by atoms with Crippen molar-refractivity contribution in [1.82, 2.24) is 19.4 Å². The fourth-order valence-corrected chi connectivity index (χ4v) is 4.58. The van der Waals surface area contributed by atoms with Gasteiger partial charge in [0.25, 0.3) is 0 Å². The van der Waals surface area contributed by atoms with Crippen LogP contribution in [-0.2, 0) is 17.6 Å². The lowest BCUT2D eigenvalue weighted by Gasteiger charge is -2.26. The molecule has 0 unspecified atom stereocenters. The molecule has 0 atom stereocenters. The maximum absolute atomic E-state index is 12.8. The fraction of sp³-hybridized carbons (Fsp3) is 0.417. The monoisotopic (exact) mass is 449 g/mol. The lowest BCUT2D eigenvalue weighted by atomic mass is 10.1. The number of carbonyl (C=O) groups is 1. The highest BCUT2D eigenvalue weighted by Crippen LogP contribution is 2.26. The fourth-order valence-electron chi connectivity index (χ4n) is 4.58. The molecule has 172 valence electrons. The second kappa shape index (κ2) is 9.29. The number of morpholine rings is 1. The summed E-state index contributed by atoms with van der Waals surface area (Å²) in [4.78, 5) is 35.8. The molecule has 2 aromatic heterocycles. The minimum atomic E-state index is -1.26. The predicted molar refractivity (Wildman–Crippen MR) is 124 cm³/mol. The summed E-state index contributed by atoms with van der Waals surface area (Å²) in [5.41, 5.74) is 2.90. The van der Waals surface area contributed by atoms with Crippen molar-refractivity contribution in [2.75, 3.05) is 44.7 Å². The molecule has 1 aliphatic carbocycles. The van der Waals surface area contributed by atoms with Gasteiger partial charge in [0, 0.05) is 37.7 Å². The Hall–Kier alpha value is -3.30. The zero-order chi connectivity index (χ0) is 22.8. The van der Waals surface area contributed by atoms with Crippen LogP contribution in [0.2, 0.25) is 0 Å². The molecule has 2 N–H and O–H groups in total. The van der Waals surface area contributed by atoms with E-state index in [4.69, 9.17) is 4.74 Å². The Balaban J connectivity index is 1.45. The summed E-state index contributed by atoms with van der Waals surface area (Å²) in [6, 6.07) is 6.10. The third-order valence-electron chi connectivity index (χ3n) is 6.37. The summed E-state index contributed by atoms with van der Waals surface area (Å²) in [6.07, 6.45) is 6.89.